The SMILES string of the molecule is CCCCCCCCCCc1c(O)cc(C)c(C)c1C. The molecule has 1 heteroatoms. The van der Waals surface area contributed by atoms with Crippen LogP contribution in [0.4, 0.5) is 0 Å². The van der Waals surface area contributed by atoms with E-state index in [2.05, 4.69) is 27.7 Å². The van der Waals surface area contributed by atoms with Gasteiger partial charge in [0.05, 0.1) is 0 Å². The van der Waals surface area contributed by atoms with Gasteiger partial charge in [0, 0.05) is 0 Å². The zero-order chi connectivity index (χ0) is 15.0. The minimum absolute atomic E-state index is 0.494. The van der Waals surface area contributed by atoms with Gasteiger partial charge in [-0.1, -0.05) is 51.9 Å². The molecule has 0 saturated carbocycles. The lowest BCUT2D eigenvalue weighted by molar-refractivity contribution is 0.464. The van der Waals surface area contributed by atoms with Gasteiger partial charge in [0.2, 0.25) is 0 Å². The number of phenolic OH excluding ortho intramolecular Hbond substituents is 1. The zero-order valence-corrected chi connectivity index (χ0v) is 13.9. The third-order valence-electron chi connectivity index (χ3n) is 4.55. The molecule has 0 fully saturated rings. The lowest BCUT2D eigenvalue weighted by atomic mass is 9.94. The van der Waals surface area contributed by atoms with Crippen molar-refractivity contribution in [2.45, 2.75) is 85.5 Å². The van der Waals surface area contributed by atoms with E-state index in [1.54, 1.807) is 0 Å². The summed E-state index contributed by atoms with van der Waals surface area (Å²) in [5.41, 5.74) is 4.97. The summed E-state index contributed by atoms with van der Waals surface area (Å²) < 4.78 is 0. The van der Waals surface area contributed by atoms with E-state index >= 15 is 0 Å². The first kappa shape index (κ1) is 17.1. The van der Waals surface area contributed by atoms with Crippen molar-refractivity contribution in [1.82, 2.24) is 0 Å². The van der Waals surface area contributed by atoms with Gasteiger partial charge < -0.3 is 5.11 Å². The third-order valence-corrected chi connectivity index (χ3v) is 4.55. The Morgan fingerprint density at radius 2 is 1.35 bits per heavy atom. The second-order valence-electron chi connectivity index (χ2n) is 6.17. The van der Waals surface area contributed by atoms with Crippen LogP contribution in [0.25, 0.3) is 0 Å². The Balaban J connectivity index is 2.31. The zero-order valence-electron chi connectivity index (χ0n) is 13.9. The molecule has 0 aliphatic carbocycles. The molecule has 0 atom stereocenters. The van der Waals surface area contributed by atoms with Crippen molar-refractivity contribution >= 4 is 0 Å². The molecular weight excluding hydrogens is 244 g/mol. The Morgan fingerprint density at radius 3 is 1.95 bits per heavy atom. The number of rotatable bonds is 9. The van der Waals surface area contributed by atoms with Gasteiger partial charge in [0.1, 0.15) is 5.75 Å². The van der Waals surface area contributed by atoms with E-state index in [9.17, 15) is 5.11 Å². The standard InChI is InChI=1S/C19H32O/c1-5-6-7-8-9-10-11-12-13-18-17(4)16(3)15(2)14-19(18)20/h14,20H,5-13H2,1-4H3. The Hall–Kier alpha value is -0.980. The Morgan fingerprint density at radius 1 is 0.800 bits per heavy atom. The van der Waals surface area contributed by atoms with Crippen molar-refractivity contribution in [3.8, 4) is 5.75 Å². The first-order valence-electron chi connectivity index (χ1n) is 8.36. The summed E-state index contributed by atoms with van der Waals surface area (Å²) in [4.78, 5) is 0. The summed E-state index contributed by atoms with van der Waals surface area (Å²) in [6, 6.07) is 1.92. The fraction of sp³-hybridized carbons (Fsp3) is 0.684. The third kappa shape index (κ3) is 5.19. The number of phenols is 1. The summed E-state index contributed by atoms with van der Waals surface area (Å²) in [7, 11) is 0. The highest BCUT2D eigenvalue weighted by Crippen LogP contribution is 2.28. The minimum atomic E-state index is 0.494. The molecule has 0 aromatic heterocycles. The van der Waals surface area contributed by atoms with Crippen molar-refractivity contribution in [2.75, 3.05) is 0 Å². The number of unbranched alkanes of at least 4 members (excludes halogenated alkanes) is 7. The molecule has 0 spiro atoms. The van der Waals surface area contributed by atoms with Crippen LogP contribution >= 0.6 is 0 Å². The first-order valence-corrected chi connectivity index (χ1v) is 8.36. The second kappa shape index (κ2) is 9.05. The highest BCUT2D eigenvalue weighted by atomic mass is 16.3. The van der Waals surface area contributed by atoms with Gasteiger partial charge in [-0.2, -0.15) is 0 Å². The topological polar surface area (TPSA) is 20.2 Å². The maximum Gasteiger partial charge on any atom is 0.119 e. The van der Waals surface area contributed by atoms with Crippen LogP contribution in [0.1, 0.15) is 80.5 Å². The number of hydrogen-bond acceptors (Lipinski definition) is 1. The van der Waals surface area contributed by atoms with Crippen molar-refractivity contribution in [3.05, 3.63) is 28.3 Å². The Kier molecular flexibility index (Phi) is 7.72. The van der Waals surface area contributed by atoms with E-state index in [0.29, 0.717) is 5.75 Å². The molecule has 0 heterocycles. The van der Waals surface area contributed by atoms with E-state index in [1.165, 1.54) is 73.6 Å². The van der Waals surface area contributed by atoms with Gasteiger partial charge in [-0.3, -0.25) is 0 Å². The van der Waals surface area contributed by atoms with Crippen molar-refractivity contribution < 1.29 is 5.11 Å². The van der Waals surface area contributed by atoms with Crippen LogP contribution in [0.15, 0.2) is 6.07 Å². The smallest absolute Gasteiger partial charge is 0.119 e. The molecule has 0 aliphatic rings. The normalized spacial score (nSPS) is 11.0. The summed E-state index contributed by atoms with van der Waals surface area (Å²) in [5, 5.41) is 10.1. The second-order valence-corrected chi connectivity index (χ2v) is 6.17. The van der Waals surface area contributed by atoms with E-state index < -0.39 is 0 Å². The van der Waals surface area contributed by atoms with E-state index in [-0.39, 0.29) is 0 Å². The summed E-state index contributed by atoms with van der Waals surface area (Å²) in [6.45, 7) is 8.63. The van der Waals surface area contributed by atoms with Gasteiger partial charge in [0.25, 0.3) is 0 Å². The average Bonchev–Trinajstić information content (AvgIpc) is 2.42. The van der Waals surface area contributed by atoms with E-state index in [0.717, 1.165) is 6.42 Å². The molecule has 0 saturated heterocycles. The molecule has 1 rings (SSSR count). The van der Waals surface area contributed by atoms with Crippen molar-refractivity contribution in [3.63, 3.8) is 0 Å². The van der Waals surface area contributed by atoms with Gasteiger partial charge in [-0.05, 0) is 61.9 Å². The molecule has 114 valence electrons. The van der Waals surface area contributed by atoms with Crippen LogP contribution in [0.3, 0.4) is 0 Å². The van der Waals surface area contributed by atoms with Crippen LogP contribution in [-0.2, 0) is 6.42 Å². The highest BCUT2D eigenvalue weighted by molar-refractivity contribution is 5.47. The molecule has 20 heavy (non-hydrogen) atoms. The fourth-order valence-corrected chi connectivity index (χ4v) is 2.87. The predicted molar refractivity (Wildman–Crippen MR) is 88.6 cm³/mol. The van der Waals surface area contributed by atoms with Gasteiger partial charge in [0.15, 0.2) is 0 Å². The molecule has 0 bridgehead atoms. The van der Waals surface area contributed by atoms with Gasteiger partial charge >= 0.3 is 0 Å². The van der Waals surface area contributed by atoms with Crippen LogP contribution in [0, 0.1) is 20.8 Å². The quantitative estimate of drug-likeness (QED) is 0.548. The number of aromatic hydroxyl groups is 1. The molecular formula is C19H32O. The monoisotopic (exact) mass is 276 g/mol. The van der Waals surface area contributed by atoms with Crippen LogP contribution < -0.4 is 0 Å². The van der Waals surface area contributed by atoms with Crippen LogP contribution in [0.2, 0.25) is 0 Å². The van der Waals surface area contributed by atoms with E-state index in [4.69, 9.17) is 0 Å². The van der Waals surface area contributed by atoms with Crippen LogP contribution in [0.5, 0.6) is 5.75 Å². The Labute approximate surface area is 125 Å². The van der Waals surface area contributed by atoms with E-state index in [1.807, 2.05) is 6.07 Å². The number of benzene rings is 1. The summed E-state index contributed by atoms with van der Waals surface area (Å²) in [6.07, 6.45) is 11.7. The maximum atomic E-state index is 10.1. The van der Waals surface area contributed by atoms with Crippen molar-refractivity contribution in [1.29, 1.82) is 0 Å². The number of hydrogen-bond donors (Lipinski definition) is 1. The Bertz CT molecular complexity index is 407. The first-order chi connectivity index (χ1) is 9.57. The molecule has 0 unspecified atom stereocenters. The molecule has 1 aromatic carbocycles. The van der Waals surface area contributed by atoms with Crippen LogP contribution in [-0.4, -0.2) is 5.11 Å². The van der Waals surface area contributed by atoms with Gasteiger partial charge in [-0.15, -0.1) is 0 Å². The summed E-state index contributed by atoms with van der Waals surface area (Å²) >= 11 is 0. The molecule has 0 radical (unpaired) electrons. The molecule has 0 amide bonds. The average molecular weight is 276 g/mol. The minimum Gasteiger partial charge on any atom is -0.508 e. The summed E-state index contributed by atoms with van der Waals surface area (Å²) in [5.74, 6) is 0.494. The predicted octanol–water partition coefficient (Wildman–Crippen LogP) is 6.00. The lowest BCUT2D eigenvalue weighted by Gasteiger charge is -2.13. The largest absolute Gasteiger partial charge is 0.508 e. The molecule has 1 nitrogen and oxygen atoms in total. The van der Waals surface area contributed by atoms with Gasteiger partial charge in [-0.25, -0.2) is 0 Å². The van der Waals surface area contributed by atoms with Crippen molar-refractivity contribution in [2.24, 2.45) is 0 Å². The maximum absolute atomic E-state index is 10.1. The highest BCUT2D eigenvalue weighted by Gasteiger charge is 2.09. The molecule has 0 aliphatic heterocycles. The fourth-order valence-electron chi connectivity index (χ4n) is 2.87. The number of aryl methyl sites for hydroxylation is 1. The molecule has 1 N–H and O–H groups in total. The molecule has 1 aromatic rings. The lowest BCUT2D eigenvalue weighted by Crippen LogP contribution is -1.96.